The molecule has 0 bridgehead atoms. The smallest absolute Gasteiger partial charge is 0.339 e. The van der Waals surface area contributed by atoms with Gasteiger partial charge in [-0.1, -0.05) is 12.1 Å². The molecule has 0 fully saturated rings. The first kappa shape index (κ1) is 22.1. The Hall–Kier alpha value is -5.12. The van der Waals surface area contributed by atoms with Gasteiger partial charge in [-0.2, -0.15) is 0 Å². The van der Waals surface area contributed by atoms with Crippen LogP contribution in [0.3, 0.4) is 0 Å². The SMILES string of the molecule is O=C(O)c1ccc2c(-c3c(O)c(C(=O)O)cc4cc(C(=O)O)ccc34)c(O)c(C(=O)O)cc2c1. The van der Waals surface area contributed by atoms with E-state index < -0.39 is 46.5 Å². The van der Waals surface area contributed by atoms with Crippen molar-refractivity contribution in [2.24, 2.45) is 0 Å². The van der Waals surface area contributed by atoms with Crippen LogP contribution >= 0.6 is 0 Å². The molecule has 0 saturated carbocycles. The summed E-state index contributed by atoms with van der Waals surface area (Å²) >= 11 is 0. The normalized spacial score (nSPS) is 10.9. The third-order valence-electron chi connectivity index (χ3n) is 5.43. The Kier molecular flexibility index (Phi) is 5.06. The predicted octanol–water partition coefficient (Wildman–Crippen LogP) is 3.86. The van der Waals surface area contributed by atoms with Crippen LogP contribution in [0.2, 0.25) is 0 Å². The van der Waals surface area contributed by atoms with E-state index in [1.165, 1.54) is 36.4 Å². The van der Waals surface area contributed by atoms with Crippen molar-refractivity contribution in [3.63, 3.8) is 0 Å². The Morgan fingerprint density at radius 1 is 0.500 bits per heavy atom. The highest BCUT2D eigenvalue weighted by atomic mass is 16.4. The summed E-state index contributed by atoms with van der Waals surface area (Å²) in [5.41, 5.74) is -2.05. The molecule has 10 nitrogen and oxygen atoms in total. The van der Waals surface area contributed by atoms with Gasteiger partial charge in [0.15, 0.2) is 0 Å². The van der Waals surface area contributed by atoms with Gasteiger partial charge in [0.1, 0.15) is 22.6 Å². The molecule has 0 aromatic heterocycles. The van der Waals surface area contributed by atoms with Gasteiger partial charge in [-0.15, -0.1) is 0 Å². The van der Waals surface area contributed by atoms with Crippen LogP contribution < -0.4 is 0 Å². The Bertz CT molecular complexity index is 1460. The molecule has 4 rings (SSSR count). The van der Waals surface area contributed by atoms with Gasteiger partial charge < -0.3 is 30.6 Å². The Balaban J connectivity index is 2.25. The number of carboxylic acid groups (broad SMARTS) is 4. The molecule has 0 aliphatic rings. The summed E-state index contributed by atoms with van der Waals surface area (Å²) in [7, 11) is 0. The van der Waals surface area contributed by atoms with Gasteiger partial charge in [0.05, 0.1) is 11.1 Å². The maximum Gasteiger partial charge on any atom is 0.339 e. The van der Waals surface area contributed by atoms with Crippen LogP contribution in [0.4, 0.5) is 0 Å². The summed E-state index contributed by atoms with van der Waals surface area (Å²) in [6.07, 6.45) is 0. The van der Waals surface area contributed by atoms with E-state index in [0.717, 1.165) is 12.1 Å². The van der Waals surface area contributed by atoms with Gasteiger partial charge in [-0.25, -0.2) is 19.2 Å². The molecule has 6 N–H and O–H groups in total. The number of aromatic carboxylic acids is 4. The zero-order valence-electron chi connectivity index (χ0n) is 16.9. The van der Waals surface area contributed by atoms with Crippen LogP contribution in [0.5, 0.6) is 11.5 Å². The number of hydrogen-bond acceptors (Lipinski definition) is 6. The minimum absolute atomic E-state index is 0.0977. The average molecular weight is 462 g/mol. The van der Waals surface area contributed by atoms with Gasteiger partial charge in [0.25, 0.3) is 0 Å². The third-order valence-corrected chi connectivity index (χ3v) is 5.43. The molecule has 4 aromatic rings. The number of aromatic hydroxyl groups is 2. The first-order chi connectivity index (χ1) is 16.0. The van der Waals surface area contributed by atoms with Crippen molar-refractivity contribution in [3.05, 3.63) is 70.8 Å². The second-order valence-electron chi connectivity index (χ2n) is 7.39. The Morgan fingerprint density at radius 3 is 1.15 bits per heavy atom. The zero-order valence-corrected chi connectivity index (χ0v) is 16.9. The Morgan fingerprint density at radius 2 is 0.853 bits per heavy atom. The van der Waals surface area contributed by atoms with E-state index >= 15 is 0 Å². The Labute approximate surface area is 189 Å². The van der Waals surface area contributed by atoms with Crippen LogP contribution in [-0.4, -0.2) is 54.5 Å². The van der Waals surface area contributed by atoms with Gasteiger partial charge in [-0.05, 0) is 57.9 Å². The maximum absolute atomic E-state index is 11.8. The largest absolute Gasteiger partial charge is 0.506 e. The highest BCUT2D eigenvalue weighted by molar-refractivity contribution is 6.16. The number of rotatable bonds is 5. The van der Waals surface area contributed by atoms with E-state index in [-0.39, 0.29) is 43.8 Å². The lowest BCUT2D eigenvalue weighted by molar-refractivity contribution is 0.0682. The first-order valence-corrected chi connectivity index (χ1v) is 9.54. The summed E-state index contributed by atoms with van der Waals surface area (Å²) in [6.45, 7) is 0. The minimum Gasteiger partial charge on any atom is -0.506 e. The summed E-state index contributed by atoms with van der Waals surface area (Å²) in [5.74, 6) is -7.24. The van der Waals surface area contributed by atoms with Crippen molar-refractivity contribution in [3.8, 4) is 22.6 Å². The molecule has 0 heterocycles. The van der Waals surface area contributed by atoms with Gasteiger partial charge in [0, 0.05) is 11.1 Å². The van der Waals surface area contributed by atoms with E-state index in [2.05, 4.69) is 0 Å². The molecule has 170 valence electrons. The van der Waals surface area contributed by atoms with Gasteiger partial charge >= 0.3 is 23.9 Å². The molecule has 34 heavy (non-hydrogen) atoms. The lowest BCUT2D eigenvalue weighted by Crippen LogP contribution is -2.03. The van der Waals surface area contributed by atoms with Crippen molar-refractivity contribution in [2.75, 3.05) is 0 Å². The second-order valence-corrected chi connectivity index (χ2v) is 7.39. The molecule has 0 spiro atoms. The van der Waals surface area contributed by atoms with Crippen LogP contribution in [0.15, 0.2) is 48.5 Å². The number of hydrogen-bond donors (Lipinski definition) is 6. The number of benzene rings is 4. The number of carboxylic acids is 4. The fraction of sp³-hybridized carbons (Fsp3) is 0. The molecule has 10 heteroatoms. The quantitative estimate of drug-likeness (QED) is 0.254. The fourth-order valence-corrected chi connectivity index (χ4v) is 3.89. The van der Waals surface area contributed by atoms with Crippen molar-refractivity contribution in [2.45, 2.75) is 0 Å². The fourth-order valence-electron chi connectivity index (χ4n) is 3.89. The number of carbonyl (C=O) groups is 4. The lowest BCUT2D eigenvalue weighted by atomic mass is 9.88. The molecule has 0 amide bonds. The summed E-state index contributed by atoms with van der Waals surface area (Å²) in [6, 6.07) is 9.48. The molecule has 0 atom stereocenters. The standard InChI is InChI=1S/C24H14O10/c25-19-15(23(31)32)7-11-5-9(21(27)28)1-3-13(11)17(19)18-14-4-2-10(22(29)30)6-12(14)8-16(20(18)26)24(33)34/h1-8,25-26H,(H,27,28)(H,29,30)(H,31,32)(H,33,34). The number of phenols is 2. The average Bonchev–Trinajstić information content (AvgIpc) is 2.78. The summed E-state index contributed by atoms with van der Waals surface area (Å²) in [5, 5.41) is 60.0. The monoisotopic (exact) mass is 462 g/mol. The topological polar surface area (TPSA) is 190 Å². The van der Waals surface area contributed by atoms with Crippen LogP contribution in [0.25, 0.3) is 32.7 Å². The van der Waals surface area contributed by atoms with E-state index in [0.29, 0.717) is 0 Å². The molecule has 0 saturated heterocycles. The first-order valence-electron chi connectivity index (χ1n) is 9.54. The molecule has 0 aliphatic heterocycles. The van der Waals surface area contributed by atoms with Crippen molar-refractivity contribution < 1.29 is 49.8 Å². The molecule has 4 aromatic carbocycles. The summed E-state index contributed by atoms with van der Waals surface area (Å²) < 4.78 is 0. The van der Waals surface area contributed by atoms with Gasteiger partial charge in [0.2, 0.25) is 0 Å². The van der Waals surface area contributed by atoms with E-state index in [4.69, 9.17) is 0 Å². The van der Waals surface area contributed by atoms with Crippen molar-refractivity contribution >= 4 is 45.4 Å². The second kappa shape index (κ2) is 7.78. The van der Waals surface area contributed by atoms with Crippen LogP contribution in [-0.2, 0) is 0 Å². The van der Waals surface area contributed by atoms with E-state index in [9.17, 15) is 49.8 Å². The molecule has 0 unspecified atom stereocenters. The molecule has 0 aliphatic carbocycles. The number of fused-ring (bicyclic) bond motifs is 2. The van der Waals surface area contributed by atoms with E-state index in [1.54, 1.807) is 0 Å². The maximum atomic E-state index is 11.8. The van der Waals surface area contributed by atoms with E-state index in [1.807, 2.05) is 0 Å². The minimum atomic E-state index is -1.55. The summed E-state index contributed by atoms with van der Waals surface area (Å²) in [4.78, 5) is 46.4. The van der Waals surface area contributed by atoms with Crippen molar-refractivity contribution in [1.82, 2.24) is 0 Å². The molecule has 0 radical (unpaired) electrons. The van der Waals surface area contributed by atoms with Crippen LogP contribution in [0.1, 0.15) is 41.4 Å². The van der Waals surface area contributed by atoms with Gasteiger partial charge in [-0.3, -0.25) is 0 Å². The van der Waals surface area contributed by atoms with Crippen LogP contribution in [0, 0.1) is 0 Å². The molecular formula is C24H14O10. The zero-order chi connectivity index (χ0) is 24.9. The lowest BCUT2D eigenvalue weighted by Gasteiger charge is -2.17. The highest BCUT2D eigenvalue weighted by Gasteiger charge is 2.26. The highest BCUT2D eigenvalue weighted by Crippen LogP contribution is 2.47. The van der Waals surface area contributed by atoms with Crippen molar-refractivity contribution in [1.29, 1.82) is 0 Å². The predicted molar refractivity (Wildman–Crippen MR) is 118 cm³/mol. The molecular weight excluding hydrogens is 448 g/mol. The third kappa shape index (κ3) is 3.39.